The van der Waals surface area contributed by atoms with Gasteiger partial charge in [-0.3, -0.25) is 0 Å². The molecule has 3 aromatic rings. The molecule has 1 heterocycles. The fraction of sp³-hybridized carbons (Fsp3) is 0.0667. The summed E-state index contributed by atoms with van der Waals surface area (Å²) < 4.78 is 28.2. The molecule has 0 radical (unpaired) electrons. The van der Waals surface area contributed by atoms with E-state index in [-0.39, 0.29) is 4.83 Å². The Kier molecular flexibility index (Phi) is 3.37. The van der Waals surface area contributed by atoms with Gasteiger partial charge in [0, 0.05) is 15.1 Å². The maximum Gasteiger partial charge on any atom is 0.128 e. The van der Waals surface area contributed by atoms with E-state index in [9.17, 15) is 8.78 Å². The number of thiophene rings is 1. The molecular formula is C15H9BrF2S. The number of alkyl halides is 1. The Labute approximate surface area is 121 Å². The van der Waals surface area contributed by atoms with Crippen molar-refractivity contribution in [3.63, 3.8) is 0 Å². The predicted octanol–water partition coefficient (Wildman–Crippen LogP) is 5.66. The first-order chi connectivity index (χ1) is 9.15. The molecule has 1 atom stereocenters. The number of rotatable bonds is 2. The second-order valence-electron chi connectivity index (χ2n) is 4.21. The van der Waals surface area contributed by atoms with Crippen LogP contribution in [0.15, 0.2) is 48.5 Å². The highest BCUT2D eigenvalue weighted by Crippen LogP contribution is 2.39. The van der Waals surface area contributed by atoms with E-state index in [2.05, 4.69) is 15.9 Å². The maximum absolute atomic E-state index is 13.8. The van der Waals surface area contributed by atoms with Gasteiger partial charge in [-0.05, 0) is 35.7 Å². The largest absolute Gasteiger partial charge is 0.207 e. The van der Waals surface area contributed by atoms with Crippen molar-refractivity contribution >= 4 is 37.4 Å². The van der Waals surface area contributed by atoms with Crippen LogP contribution in [0.1, 0.15) is 15.3 Å². The third kappa shape index (κ3) is 2.42. The first-order valence-corrected chi connectivity index (χ1v) is 7.46. The molecule has 0 bridgehead atoms. The molecule has 0 fully saturated rings. The number of hydrogen-bond acceptors (Lipinski definition) is 1. The van der Waals surface area contributed by atoms with E-state index in [1.807, 2.05) is 30.3 Å². The number of fused-ring (bicyclic) bond motifs is 1. The highest BCUT2D eigenvalue weighted by Gasteiger charge is 2.18. The van der Waals surface area contributed by atoms with Gasteiger partial charge in [-0.25, -0.2) is 8.78 Å². The summed E-state index contributed by atoms with van der Waals surface area (Å²) in [6.07, 6.45) is 0. The van der Waals surface area contributed by atoms with Crippen molar-refractivity contribution in [3.05, 3.63) is 70.6 Å². The van der Waals surface area contributed by atoms with Crippen LogP contribution >= 0.6 is 27.3 Å². The number of halogens is 3. The quantitative estimate of drug-likeness (QED) is 0.528. The Bertz CT molecular complexity index is 703. The summed E-state index contributed by atoms with van der Waals surface area (Å²) in [7, 11) is 0. The Morgan fingerprint density at radius 1 is 1.00 bits per heavy atom. The zero-order valence-corrected chi connectivity index (χ0v) is 12.1. The maximum atomic E-state index is 13.8. The van der Waals surface area contributed by atoms with Crippen molar-refractivity contribution in [2.24, 2.45) is 0 Å². The Hall–Kier alpha value is -1.26. The molecule has 0 saturated heterocycles. The molecule has 0 saturated carbocycles. The molecule has 0 nitrogen and oxygen atoms in total. The van der Waals surface area contributed by atoms with Crippen molar-refractivity contribution in [1.29, 1.82) is 0 Å². The highest BCUT2D eigenvalue weighted by atomic mass is 79.9. The van der Waals surface area contributed by atoms with Crippen LogP contribution < -0.4 is 0 Å². The molecule has 2 aromatic carbocycles. The van der Waals surface area contributed by atoms with Crippen molar-refractivity contribution in [2.45, 2.75) is 4.83 Å². The van der Waals surface area contributed by atoms with Gasteiger partial charge in [-0.2, -0.15) is 0 Å². The molecule has 4 heteroatoms. The van der Waals surface area contributed by atoms with E-state index in [0.717, 1.165) is 27.1 Å². The van der Waals surface area contributed by atoms with E-state index in [1.54, 1.807) is 11.3 Å². The predicted molar refractivity (Wildman–Crippen MR) is 79.0 cm³/mol. The summed E-state index contributed by atoms with van der Waals surface area (Å²) >= 11 is 5.04. The first kappa shape index (κ1) is 12.8. The summed E-state index contributed by atoms with van der Waals surface area (Å²) in [6.45, 7) is 0. The van der Waals surface area contributed by atoms with Crippen LogP contribution in [-0.2, 0) is 0 Å². The zero-order valence-electron chi connectivity index (χ0n) is 9.74. The third-order valence-corrected chi connectivity index (χ3v) is 5.40. The molecule has 0 aliphatic heterocycles. The lowest BCUT2D eigenvalue weighted by Crippen LogP contribution is -1.95. The van der Waals surface area contributed by atoms with E-state index in [1.165, 1.54) is 6.07 Å². The lowest BCUT2D eigenvalue weighted by Gasteiger charge is -2.09. The zero-order chi connectivity index (χ0) is 13.4. The summed E-state index contributed by atoms with van der Waals surface area (Å²) in [5, 5.41) is 1.11. The van der Waals surface area contributed by atoms with Crippen molar-refractivity contribution < 1.29 is 8.78 Å². The summed E-state index contributed by atoms with van der Waals surface area (Å²) in [5.74, 6) is -0.831. The molecule has 0 aliphatic carbocycles. The summed E-state index contributed by atoms with van der Waals surface area (Å²) in [6, 6.07) is 13.5. The average molecular weight is 339 g/mol. The summed E-state index contributed by atoms with van der Waals surface area (Å²) in [4.78, 5) is 0.631. The fourth-order valence-corrected chi connectivity index (χ4v) is 3.81. The van der Waals surface area contributed by atoms with Gasteiger partial charge in [0.1, 0.15) is 11.6 Å². The minimum absolute atomic E-state index is 0.326. The van der Waals surface area contributed by atoms with Gasteiger partial charge >= 0.3 is 0 Å². The van der Waals surface area contributed by atoms with Crippen LogP contribution in [0.4, 0.5) is 8.78 Å². The monoisotopic (exact) mass is 338 g/mol. The van der Waals surface area contributed by atoms with Crippen LogP contribution in [0.5, 0.6) is 0 Å². The lowest BCUT2D eigenvalue weighted by atomic mass is 10.1. The minimum Gasteiger partial charge on any atom is -0.207 e. The van der Waals surface area contributed by atoms with E-state index >= 15 is 0 Å². The normalized spacial score (nSPS) is 12.8. The average Bonchev–Trinajstić information content (AvgIpc) is 2.84. The lowest BCUT2D eigenvalue weighted by molar-refractivity contribution is 0.588. The Balaban J connectivity index is 2.07. The topological polar surface area (TPSA) is 0 Å². The minimum atomic E-state index is -0.429. The van der Waals surface area contributed by atoms with Gasteiger partial charge in [0.15, 0.2) is 0 Å². The van der Waals surface area contributed by atoms with Gasteiger partial charge in [0.05, 0.1) is 4.83 Å². The van der Waals surface area contributed by atoms with Gasteiger partial charge in [0.2, 0.25) is 0 Å². The molecule has 96 valence electrons. The molecule has 19 heavy (non-hydrogen) atoms. The van der Waals surface area contributed by atoms with Gasteiger partial charge in [-0.15, -0.1) is 11.3 Å². The van der Waals surface area contributed by atoms with Crippen molar-refractivity contribution in [1.82, 2.24) is 0 Å². The number of hydrogen-bond donors (Lipinski definition) is 0. The molecule has 1 unspecified atom stereocenters. The SMILES string of the molecule is Fc1ccc(F)c(C(Br)c2cc3ccccc3s2)c1. The molecule has 3 rings (SSSR count). The van der Waals surface area contributed by atoms with Gasteiger partial charge in [-0.1, -0.05) is 34.1 Å². The van der Waals surface area contributed by atoms with Gasteiger partial charge in [0.25, 0.3) is 0 Å². The van der Waals surface area contributed by atoms with Gasteiger partial charge < -0.3 is 0 Å². The smallest absolute Gasteiger partial charge is 0.128 e. The van der Waals surface area contributed by atoms with Crippen molar-refractivity contribution in [2.75, 3.05) is 0 Å². The second-order valence-corrected chi connectivity index (χ2v) is 6.25. The van der Waals surface area contributed by atoms with Crippen LogP contribution in [0.2, 0.25) is 0 Å². The molecule has 0 aliphatic rings. The number of benzene rings is 2. The van der Waals surface area contributed by atoms with E-state index in [4.69, 9.17) is 0 Å². The summed E-state index contributed by atoms with van der Waals surface area (Å²) in [5.41, 5.74) is 0.326. The van der Waals surface area contributed by atoms with Crippen LogP contribution in [0.3, 0.4) is 0 Å². The molecular weight excluding hydrogens is 330 g/mol. The Morgan fingerprint density at radius 3 is 2.58 bits per heavy atom. The second kappa shape index (κ2) is 5.02. The molecule has 1 aromatic heterocycles. The highest BCUT2D eigenvalue weighted by molar-refractivity contribution is 9.09. The van der Waals surface area contributed by atoms with Crippen LogP contribution in [0.25, 0.3) is 10.1 Å². The first-order valence-electron chi connectivity index (χ1n) is 5.72. The van der Waals surface area contributed by atoms with E-state index in [0.29, 0.717) is 5.56 Å². The third-order valence-electron chi connectivity index (χ3n) is 2.93. The molecule has 0 N–H and O–H groups in total. The van der Waals surface area contributed by atoms with Crippen LogP contribution in [-0.4, -0.2) is 0 Å². The fourth-order valence-electron chi connectivity index (χ4n) is 1.99. The Morgan fingerprint density at radius 2 is 1.79 bits per heavy atom. The van der Waals surface area contributed by atoms with Crippen LogP contribution in [0, 0.1) is 11.6 Å². The molecule has 0 spiro atoms. The molecule has 0 amide bonds. The van der Waals surface area contributed by atoms with E-state index < -0.39 is 11.6 Å². The van der Waals surface area contributed by atoms with Crippen molar-refractivity contribution in [3.8, 4) is 0 Å². The standard InChI is InChI=1S/C15H9BrF2S/c16-15(11-8-10(17)5-6-12(11)18)14-7-9-3-1-2-4-13(9)19-14/h1-8,15H.